The average molecular weight is 372 g/mol. The smallest absolute Gasteiger partial charge is 0.228 e. The van der Waals surface area contributed by atoms with Gasteiger partial charge in [0.2, 0.25) is 5.91 Å². The Morgan fingerprint density at radius 3 is 2.74 bits per heavy atom. The number of carbonyl (C=O) groups is 1. The SMILES string of the molecule is CCOc1c(Br)cc(Cl)cc1NC(=O)C(C)CN.Cl. The van der Waals surface area contributed by atoms with Crippen LogP contribution < -0.4 is 15.8 Å². The lowest BCUT2D eigenvalue weighted by atomic mass is 10.1. The molecule has 19 heavy (non-hydrogen) atoms. The highest BCUT2D eigenvalue weighted by atomic mass is 79.9. The summed E-state index contributed by atoms with van der Waals surface area (Å²) in [7, 11) is 0. The fourth-order valence-corrected chi connectivity index (χ4v) is 2.23. The molecule has 1 aromatic rings. The summed E-state index contributed by atoms with van der Waals surface area (Å²) in [6.07, 6.45) is 0. The van der Waals surface area contributed by atoms with E-state index in [0.29, 0.717) is 27.5 Å². The third kappa shape index (κ3) is 5.18. The molecule has 0 aromatic heterocycles. The van der Waals surface area contributed by atoms with Crippen LogP contribution in [-0.2, 0) is 4.79 Å². The zero-order chi connectivity index (χ0) is 13.7. The van der Waals surface area contributed by atoms with Crippen molar-refractivity contribution in [2.45, 2.75) is 13.8 Å². The second kappa shape index (κ2) is 8.64. The van der Waals surface area contributed by atoms with Gasteiger partial charge in [-0.2, -0.15) is 0 Å². The highest BCUT2D eigenvalue weighted by Crippen LogP contribution is 2.36. The summed E-state index contributed by atoms with van der Waals surface area (Å²) in [5.41, 5.74) is 6.00. The van der Waals surface area contributed by atoms with Gasteiger partial charge < -0.3 is 15.8 Å². The molecule has 0 aliphatic carbocycles. The number of nitrogens with two attached hydrogens (primary N) is 1. The summed E-state index contributed by atoms with van der Waals surface area (Å²) >= 11 is 9.32. The molecule has 0 fully saturated rings. The lowest BCUT2D eigenvalue weighted by Gasteiger charge is -2.15. The fourth-order valence-electron chi connectivity index (χ4n) is 1.31. The van der Waals surface area contributed by atoms with E-state index >= 15 is 0 Å². The summed E-state index contributed by atoms with van der Waals surface area (Å²) in [6.45, 7) is 4.41. The molecule has 1 rings (SSSR count). The molecule has 1 atom stereocenters. The number of ether oxygens (including phenoxy) is 1. The normalized spacial score (nSPS) is 11.4. The molecule has 1 amide bonds. The van der Waals surface area contributed by atoms with Crippen LogP contribution in [0, 0.1) is 5.92 Å². The Morgan fingerprint density at radius 2 is 2.21 bits per heavy atom. The maximum absolute atomic E-state index is 11.8. The van der Waals surface area contributed by atoms with Gasteiger partial charge >= 0.3 is 0 Å². The summed E-state index contributed by atoms with van der Waals surface area (Å²) in [5.74, 6) is 0.143. The number of hydrogen-bond donors (Lipinski definition) is 2. The Labute approximate surface area is 132 Å². The van der Waals surface area contributed by atoms with Crippen LogP contribution in [0.3, 0.4) is 0 Å². The van der Waals surface area contributed by atoms with Gasteiger partial charge in [-0.3, -0.25) is 4.79 Å². The lowest BCUT2D eigenvalue weighted by Crippen LogP contribution is -2.26. The molecule has 0 radical (unpaired) electrons. The fraction of sp³-hybridized carbons (Fsp3) is 0.417. The van der Waals surface area contributed by atoms with E-state index in [1.54, 1.807) is 19.1 Å². The topological polar surface area (TPSA) is 64.3 Å². The monoisotopic (exact) mass is 370 g/mol. The average Bonchev–Trinajstić information content (AvgIpc) is 2.32. The van der Waals surface area contributed by atoms with Gasteiger partial charge in [0, 0.05) is 17.5 Å². The Hall–Kier alpha value is -0.490. The Balaban J connectivity index is 0.00000324. The van der Waals surface area contributed by atoms with Crippen molar-refractivity contribution < 1.29 is 9.53 Å². The number of anilines is 1. The number of rotatable bonds is 5. The first kappa shape index (κ1) is 18.5. The lowest BCUT2D eigenvalue weighted by molar-refractivity contribution is -0.119. The third-order valence-corrected chi connectivity index (χ3v) is 3.16. The van der Waals surface area contributed by atoms with Crippen LogP contribution in [0.25, 0.3) is 0 Å². The predicted octanol–water partition coefficient (Wildman–Crippen LogP) is 3.46. The minimum absolute atomic E-state index is 0. The van der Waals surface area contributed by atoms with E-state index in [1.807, 2.05) is 6.92 Å². The zero-order valence-electron chi connectivity index (χ0n) is 10.7. The van der Waals surface area contributed by atoms with E-state index in [0.717, 1.165) is 0 Å². The molecule has 0 aliphatic heterocycles. The molecule has 0 bridgehead atoms. The first-order valence-corrected chi connectivity index (χ1v) is 6.79. The number of carbonyl (C=O) groups excluding carboxylic acids is 1. The van der Waals surface area contributed by atoms with Crippen LogP contribution in [0.15, 0.2) is 16.6 Å². The van der Waals surface area contributed by atoms with Gasteiger partial charge in [0.1, 0.15) is 0 Å². The highest BCUT2D eigenvalue weighted by molar-refractivity contribution is 9.10. The van der Waals surface area contributed by atoms with Crippen LogP contribution in [0.4, 0.5) is 5.69 Å². The van der Waals surface area contributed by atoms with Gasteiger partial charge in [-0.25, -0.2) is 0 Å². The van der Waals surface area contributed by atoms with Crippen LogP contribution in [-0.4, -0.2) is 19.1 Å². The van der Waals surface area contributed by atoms with E-state index in [2.05, 4.69) is 21.2 Å². The van der Waals surface area contributed by atoms with Crippen molar-refractivity contribution in [1.82, 2.24) is 0 Å². The quantitative estimate of drug-likeness (QED) is 0.832. The van der Waals surface area contributed by atoms with Crippen molar-refractivity contribution in [3.63, 3.8) is 0 Å². The van der Waals surface area contributed by atoms with Crippen molar-refractivity contribution in [3.05, 3.63) is 21.6 Å². The van der Waals surface area contributed by atoms with E-state index in [9.17, 15) is 4.79 Å². The Bertz CT molecular complexity index is 444. The van der Waals surface area contributed by atoms with Gasteiger partial charge in [0.15, 0.2) is 5.75 Å². The number of amides is 1. The molecule has 0 saturated carbocycles. The second-order valence-electron chi connectivity index (χ2n) is 3.82. The molecule has 3 N–H and O–H groups in total. The van der Waals surface area contributed by atoms with E-state index in [4.69, 9.17) is 22.1 Å². The molecule has 0 spiro atoms. The summed E-state index contributed by atoms with van der Waals surface area (Å²) in [6, 6.07) is 3.37. The van der Waals surface area contributed by atoms with Gasteiger partial charge in [-0.05, 0) is 35.0 Å². The predicted molar refractivity (Wildman–Crippen MR) is 84.4 cm³/mol. The van der Waals surface area contributed by atoms with Crippen LogP contribution in [0.1, 0.15) is 13.8 Å². The first-order valence-electron chi connectivity index (χ1n) is 5.62. The third-order valence-electron chi connectivity index (χ3n) is 2.36. The van der Waals surface area contributed by atoms with E-state index in [1.165, 1.54) is 0 Å². The molecule has 1 unspecified atom stereocenters. The molecule has 108 valence electrons. The van der Waals surface area contributed by atoms with E-state index in [-0.39, 0.29) is 30.8 Å². The minimum atomic E-state index is -0.266. The number of nitrogens with one attached hydrogen (secondary N) is 1. The van der Waals surface area contributed by atoms with Crippen molar-refractivity contribution in [1.29, 1.82) is 0 Å². The molecule has 0 aliphatic rings. The molecule has 1 aromatic carbocycles. The number of hydrogen-bond acceptors (Lipinski definition) is 3. The van der Waals surface area contributed by atoms with Crippen LogP contribution in [0.5, 0.6) is 5.75 Å². The number of halogens is 3. The Morgan fingerprint density at radius 1 is 1.58 bits per heavy atom. The maximum atomic E-state index is 11.8. The van der Waals surface area contributed by atoms with Crippen LogP contribution in [0.2, 0.25) is 5.02 Å². The van der Waals surface area contributed by atoms with E-state index < -0.39 is 0 Å². The van der Waals surface area contributed by atoms with Crippen LogP contribution >= 0.6 is 39.9 Å². The number of benzene rings is 1. The molecule has 0 saturated heterocycles. The summed E-state index contributed by atoms with van der Waals surface area (Å²) < 4.78 is 6.19. The largest absolute Gasteiger partial charge is 0.491 e. The summed E-state index contributed by atoms with van der Waals surface area (Å²) in [4.78, 5) is 11.8. The van der Waals surface area contributed by atoms with Gasteiger partial charge in [0.05, 0.1) is 16.8 Å². The van der Waals surface area contributed by atoms with Crippen molar-refractivity contribution in [2.24, 2.45) is 11.7 Å². The Kier molecular flexibility index (Phi) is 8.41. The van der Waals surface area contributed by atoms with Gasteiger partial charge in [0.25, 0.3) is 0 Å². The van der Waals surface area contributed by atoms with Crippen molar-refractivity contribution in [2.75, 3.05) is 18.5 Å². The highest BCUT2D eigenvalue weighted by Gasteiger charge is 2.16. The minimum Gasteiger partial charge on any atom is -0.491 e. The molecular weight excluding hydrogens is 355 g/mol. The molecular formula is C12H17BrCl2N2O2. The van der Waals surface area contributed by atoms with Crippen molar-refractivity contribution >= 4 is 51.5 Å². The zero-order valence-corrected chi connectivity index (χ0v) is 13.9. The maximum Gasteiger partial charge on any atom is 0.228 e. The molecule has 7 heteroatoms. The first-order chi connectivity index (χ1) is 8.49. The summed E-state index contributed by atoms with van der Waals surface area (Å²) in [5, 5.41) is 3.28. The second-order valence-corrected chi connectivity index (χ2v) is 5.11. The van der Waals surface area contributed by atoms with Gasteiger partial charge in [-0.1, -0.05) is 18.5 Å². The standard InChI is InChI=1S/C12H16BrClN2O2.ClH/c1-3-18-11-9(13)4-8(14)5-10(11)16-12(17)7(2)6-15;/h4-5,7H,3,6,15H2,1-2H3,(H,16,17);1H. The van der Waals surface area contributed by atoms with Crippen molar-refractivity contribution in [3.8, 4) is 5.75 Å². The van der Waals surface area contributed by atoms with Gasteiger partial charge in [-0.15, -0.1) is 12.4 Å². The molecule has 4 nitrogen and oxygen atoms in total. The molecule has 0 heterocycles.